The van der Waals surface area contributed by atoms with E-state index in [-0.39, 0.29) is 17.8 Å². The third kappa shape index (κ3) is 5.02. The first-order chi connectivity index (χ1) is 16.2. The molecule has 10 heteroatoms. The van der Waals surface area contributed by atoms with E-state index in [0.717, 1.165) is 46.7 Å². The van der Waals surface area contributed by atoms with Crippen molar-refractivity contribution in [2.45, 2.75) is 37.6 Å². The van der Waals surface area contributed by atoms with Gasteiger partial charge >= 0.3 is 0 Å². The van der Waals surface area contributed by atoms with Gasteiger partial charge in [-0.3, -0.25) is 9.36 Å². The number of thiophene rings is 1. The van der Waals surface area contributed by atoms with Gasteiger partial charge in [0.15, 0.2) is 11.0 Å². The number of amides is 1. The minimum atomic E-state index is -0.124. The summed E-state index contributed by atoms with van der Waals surface area (Å²) in [7, 11) is 0. The van der Waals surface area contributed by atoms with Gasteiger partial charge in [0.1, 0.15) is 5.82 Å². The van der Waals surface area contributed by atoms with Gasteiger partial charge in [-0.15, -0.1) is 21.5 Å². The third-order valence-corrected chi connectivity index (χ3v) is 7.13. The molecule has 0 radical (unpaired) electrons. The summed E-state index contributed by atoms with van der Waals surface area (Å²) in [5, 5.41) is 19.1. The SMILES string of the molecule is Cc1cc(NC(=O)CSc2nnc(-c3cccs3)n2C[C@H]2CCCO2)n(-c2ccccc2)n1. The predicted octanol–water partition coefficient (Wildman–Crippen LogP) is 4.41. The highest BCUT2D eigenvalue weighted by Crippen LogP contribution is 2.29. The lowest BCUT2D eigenvalue weighted by Gasteiger charge is -2.14. The zero-order valence-electron chi connectivity index (χ0n) is 18.2. The largest absolute Gasteiger partial charge is 0.376 e. The zero-order chi connectivity index (χ0) is 22.6. The lowest BCUT2D eigenvalue weighted by atomic mass is 10.2. The standard InChI is InChI=1S/C23H24N6O2S2/c1-16-13-20(29(27-16)17-7-3-2-4-8-17)24-21(30)15-33-23-26-25-22(19-10-6-12-32-19)28(23)14-18-9-5-11-31-18/h2-4,6-8,10,12-13,18H,5,9,11,14-15H2,1H3,(H,24,30)/t18-/m1/s1. The summed E-state index contributed by atoms with van der Waals surface area (Å²) < 4.78 is 9.67. The topological polar surface area (TPSA) is 86.9 Å². The summed E-state index contributed by atoms with van der Waals surface area (Å²) in [5.74, 6) is 1.56. The van der Waals surface area contributed by atoms with Crippen LogP contribution in [0.3, 0.4) is 0 Å². The molecule has 1 aliphatic heterocycles. The van der Waals surface area contributed by atoms with Crippen LogP contribution in [0.1, 0.15) is 18.5 Å². The van der Waals surface area contributed by atoms with Crippen molar-refractivity contribution < 1.29 is 9.53 Å². The Morgan fingerprint density at radius 3 is 2.88 bits per heavy atom. The van der Waals surface area contributed by atoms with E-state index in [1.807, 2.05) is 60.8 Å². The highest BCUT2D eigenvalue weighted by Gasteiger charge is 2.23. The van der Waals surface area contributed by atoms with Gasteiger partial charge in [0, 0.05) is 12.7 Å². The molecule has 33 heavy (non-hydrogen) atoms. The van der Waals surface area contributed by atoms with Crippen molar-refractivity contribution in [3.63, 3.8) is 0 Å². The number of nitrogens with zero attached hydrogens (tertiary/aromatic N) is 5. The van der Waals surface area contributed by atoms with Crippen molar-refractivity contribution in [3.8, 4) is 16.4 Å². The molecule has 1 saturated heterocycles. The predicted molar refractivity (Wildman–Crippen MR) is 130 cm³/mol. The number of hydrogen-bond donors (Lipinski definition) is 1. The minimum Gasteiger partial charge on any atom is -0.376 e. The number of aromatic nitrogens is 5. The fourth-order valence-electron chi connectivity index (χ4n) is 3.80. The minimum absolute atomic E-state index is 0.124. The summed E-state index contributed by atoms with van der Waals surface area (Å²) in [5.41, 5.74) is 1.73. The smallest absolute Gasteiger partial charge is 0.236 e. The molecule has 0 bridgehead atoms. The summed E-state index contributed by atoms with van der Waals surface area (Å²) in [6.07, 6.45) is 2.24. The number of thioether (sulfide) groups is 1. The molecule has 170 valence electrons. The molecular formula is C23H24N6O2S2. The van der Waals surface area contributed by atoms with Crippen LogP contribution in [0.25, 0.3) is 16.4 Å². The first kappa shape index (κ1) is 21.9. The van der Waals surface area contributed by atoms with Crippen LogP contribution in [0, 0.1) is 6.92 Å². The molecule has 0 saturated carbocycles. The molecule has 1 N–H and O–H groups in total. The van der Waals surface area contributed by atoms with E-state index >= 15 is 0 Å². The lowest BCUT2D eigenvalue weighted by molar-refractivity contribution is -0.113. The van der Waals surface area contributed by atoms with E-state index in [4.69, 9.17) is 4.74 Å². The molecule has 1 fully saturated rings. The Labute approximate surface area is 200 Å². The average Bonchev–Trinajstić information content (AvgIpc) is 3.62. The van der Waals surface area contributed by atoms with Gasteiger partial charge in [0.2, 0.25) is 5.91 Å². The Hall–Kier alpha value is -2.95. The number of carbonyl (C=O) groups excluding carboxylic acids is 1. The molecule has 1 atom stereocenters. The molecule has 4 aromatic rings. The summed E-state index contributed by atoms with van der Waals surface area (Å²) in [6.45, 7) is 3.38. The van der Waals surface area contributed by atoms with E-state index < -0.39 is 0 Å². The quantitative estimate of drug-likeness (QED) is 0.376. The Kier molecular flexibility index (Phi) is 6.56. The maximum atomic E-state index is 12.8. The van der Waals surface area contributed by atoms with Crippen molar-refractivity contribution in [3.05, 3.63) is 59.6 Å². The first-order valence-corrected chi connectivity index (χ1v) is 12.7. The molecule has 1 aliphatic rings. The van der Waals surface area contributed by atoms with E-state index in [9.17, 15) is 4.79 Å². The van der Waals surface area contributed by atoms with Crippen molar-refractivity contribution in [2.24, 2.45) is 0 Å². The maximum Gasteiger partial charge on any atom is 0.236 e. The summed E-state index contributed by atoms with van der Waals surface area (Å²) in [4.78, 5) is 13.9. The van der Waals surface area contributed by atoms with Gasteiger partial charge in [-0.1, -0.05) is 36.0 Å². The maximum absolute atomic E-state index is 12.8. The van der Waals surface area contributed by atoms with Crippen molar-refractivity contribution >= 4 is 34.8 Å². The number of ether oxygens (including phenoxy) is 1. The zero-order valence-corrected chi connectivity index (χ0v) is 19.8. The Morgan fingerprint density at radius 2 is 2.12 bits per heavy atom. The number of carbonyl (C=O) groups is 1. The Bertz CT molecular complexity index is 1210. The van der Waals surface area contributed by atoms with E-state index in [0.29, 0.717) is 12.4 Å². The third-order valence-electron chi connectivity index (χ3n) is 5.30. The van der Waals surface area contributed by atoms with E-state index in [2.05, 4.69) is 25.2 Å². The molecule has 8 nitrogen and oxygen atoms in total. The second kappa shape index (κ2) is 9.90. The van der Waals surface area contributed by atoms with Gasteiger partial charge in [0.05, 0.1) is 34.7 Å². The number of rotatable bonds is 8. The lowest BCUT2D eigenvalue weighted by Crippen LogP contribution is -2.19. The van der Waals surface area contributed by atoms with Crippen LogP contribution in [-0.2, 0) is 16.1 Å². The number of hydrogen-bond acceptors (Lipinski definition) is 7. The number of para-hydroxylation sites is 1. The normalized spacial score (nSPS) is 15.7. The highest BCUT2D eigenvalue weighted by atomic mass is 32.2. The molecule has 0 aliphatic carbocycles. The summed E-state index contributed by atoms with van der Waals surface area (Å²) >= 11 is 3.01. The average molecular weight is 481 g/mol. The summed E-state index contributed by atoms with van der Waals surface area (Å²) in [6, 6.07) is 15.7. The fraction of sp³-hybridized carbons (Fsp3) is 0.304. The molecule has 5 rings (SSSR count). The molecule has 3 aromatic heterocycles. The molecular weight excluding hydrogens is 456 g/mol. The molecule has 1 amide bonds. The van der Waals surface area contributed by atoms with Crippen molar-refractivity contribution in [1.82, 2.24) is 24.5 Å². The van der Waals surface area contributed by atoms with Gasteiger partial charge in [-0.05, 0) is 43.3 Å². The number of benzene rings is 1. The number of anilines is 1. The Balaban J connectivity index is 1.30. The van der Waals surface area contributed by atoms with Crippen molar-refractivity contribution in [2.75, 3.05) is 17.7 Å². The van der Waals surface area contributed by atoms with Crippen LogP contribution in [0.15, 0.2) is 59.1 Å². The second-order valence-electron chi connectivity index (χ2n) is 7.78. The molecule has 0 spiro atoms. The molecule has 1 aromatic carbocycles. The van der Waals surface area contributed by atoms with Crippen LogP contribution in [0.2, 0.25) is 0 Å². The van der Waals surface area contributed by atoms with Crippen LogP contribution < -0.4 is 5.32 Å². The van der Waals surface area contributed by atoms with Crippen molar-refractivity contribution in [1.29, 1.82) is 0 Å². The van der Waals surface area contributed by atoms with Gasteiger partial charge in [-0.25, -0.2) is 4.68 Å². The van der Waals surface area contributed by atoms with Crippen LogP contribution in [0.4, 0.5) is 5.82 Å². The number of aryl methyl sites for hydroxylation is 1. The molecule has 4 heterocycles. The van der Waals surface area contributed by atoms with Crippen LogP contribution in [0.5, 0.6) is 0 Å². The molecule has 0 unspecified atom stereocenters. The van der Waals surface area contributed by atoms with Crippen LogP contribution >= 0.6 is 23.1 Å². The first-order valence-electron chi connectivity index (χ1n) is 10.8. The number of nitrogens with one attached hydrogen (secondary N) is 1. The van der Waals surface area contributed by atoms with E-state index in [1.54, 1.807) is 16.0 Å². The highest BCUT2D eigenvalue weighted by molar-refractivity contribution is 7.99. The fourth-order valence-corrected chi connectivity index (χ4v) is 5.27. The monoisotopic (exact) mass is 480 g/mol. The van der Waals surface area contributed by atoms with Gasteiger partial charge < -0.3 is 10.1 Å². The second-order valence-corrected chi connectivity index (χ2v) is 9.67. The van der Waals surface area contributed by atoms with E-state index in [1.165, 1.54) is 11.8 Å². The Morgan fingerprint density at radius 1 is 1.24 bits per heavy atom. The van der Waals surface area contributed by atoms with Gasteiger partial charge in [0.25, 0.3) is 0 Å². The van der Waals surface area contributed by atoms with Crippen LogP contribution in [-0.4, -0.2) is 48.9 Å². The van der Waals surface area contributed by atoms with Gasteiger partial charge in [-0.2, -0.15) is 5.10 Å².